The highest BCUT2D eigenvalue weighted by molar-refractivity contribution is 6.20. The lowest BCUT2D eigenvalue weighted by atomic mass is 9.72. The van der Waals surface area contributed by atoms with E-state index in [1.807, 2.05) is 6.92 Å². The van der Waals surface area contributed by atoms with E-state index in [0.29, 0.717) is 11.1 Å². The van der Waals surface area contributed by atoms with E-state index in [1.54, 1.807) is 44.2 Å². The Morgan fingerprint density at radius 3 is 1.76 bits per heavy atom. The minimum atomic E-state index is -0.436. The predicted molar refractivity (Wildman–Crippen MR) is 69.5 cm³/mol. The summed E-state index contributed by atoms with van der Waals surface area (Å²) >= 11 is 0. The lowest BCUT2D eigenvalue weighted by molar-refractivity contribution is -0.127. The Morgan fingerprint density at radius 2 is 1.41 bits per heavy atom. The molecule has 17 heavy (non-hydrogen) atoms. The summed E-state index contributed by atoms with van der Waals surface area (Å²) in [6, 6.07) is 0. The zero-order valence-electron chi connectivity index (χ0n) is 10.6. The van der Waals surface area contributed by atoms with Gasteiger partial charge in [-0.1, -0.05) is 30.4 Å². The van der Waals surface area contributed by atoms with Crippen molar-refractivity contribution in [2.45, 2.75) is 20.8 Å². The summed E-state index contributed by atoms with van der Waals surface area (Å²) in [6.45, 7) is 9.07. The zero-order chi connectivity index (χ0) is 13.0. The molecule has 1 rings (SSSR count). The van der Waals surface area contributed by atoms with Crippen LogP contribution in [0.1, 0.15) is 20.8 Å². The summed E-state index contributed by atoms with van der Waals surface area (Å²) in [7, 11) is 0. The maximum Gasteiger partial charge on any atom is 0.171 e. The number of hydrogen-bond donors (Lipinski definition) is 0. The van der Waals surface area contributed by atoms with Gasteiger partial charge in [0.15, 0.2) is 11.6 Å². The summed E-state index contributed by atoms with van der Waals surface area (Å²) < 4.78 is 0. The van der Waals surface area contributed by atoms with Gasteiger partial charge in [0.1, 0.15) is 0 Å². The van der Waals surface area contributed by atoms with E-state index in [0.717, 1.165) is 0 Å². The molecular formula is C15H18O2. The Hall–Kier alpha value is -1.70. The highest BCUT2D eigenvalue weighted by atomic mass is 16.1. The molecule has 2 nitrogen and oxygen atoms in total. The molecule has 0 bridgehead atoms. The van der Waals surface area contributed by atoms with Crippen molar-refractivity contribution in [2.24, 2.45) is 11.8 Å². The molecule has 2 atom stereocenters. The van der Waals surface area contributed by atoms with Gasteiger partial charge in [-0.25, -0.2) is 0 Å². The van der Waals surface area contributed by atoms with Crippen LogP contribution in [0.3, 0.4) is 0 Å². The van der Waals surface area contributed by atoms with Gasteiger partial charge in [-0.15, -0.1) is 6.58 Å². The third-order valence-electron chi connectivity index (χ3n) is 3.04. The monoisotopic (exact) mass is 230 g/mol. The van der Waals surface area contributed by atoms with Crippen molar-refractivity contribution < 1.29 is 9.59 Å². The number of hydrogen-bond acceptors (Lipinski definition) is 2. The topological polar surface area (TPSA) is 34.1 Å². The quantitative estimate of drug-likeness (QED) is 0.539. The second-order valence-corrected chi connectivity index (χ2v) is 3.95. The standard InChI is InChI=1S/C15H18O2/c1-5-9-13-12(8-4)14(16)10(6-2)11(7-3)15(13)17/h5-9,12-13H,4H2,1-3H3/b9-5-,10-6+,11-7+. The largest absolute Gasteiger partial charge is 0.293 e. The molecule has 0 amide bonds. The molecule has 0 N–H and O–H groups in total. The molecule has 2 unspecified atom stereocenters. The molecule has 0 aromatic heterocycles. The van der Waals surface area contributed by atoms with Crippen molar-refractivity contribution in [2.75, 3.05) is 0 Å². The van der Waals surface area contributed by atoms with Crippen LogP contribution in [0.25, 0.3) is 0 Å². The fourth-order valence-electron chi connectivity index (χ4n) is 2.21. The van der Waals surface area contributed by atoms with Crippen LogP contribution in [-0.4, -0.2) is 11.6 Å². The van der Waals surface area contributed by atoms with Crippen LogP contribution in [-0.2, 0) is 9.59 Å². The highest BCUT2D eigenvalue weighted by Crippen LogP contribution is 2.33. The van der Waals surface area contributed by atoms with Gasteiger partial charge in [0, 0.05) is 11.1 Å². The predicted octanol–water partition coefficient (Wildman–Crippen LogP) is 3.03. The van der Waals surface area contributed by atoms with Crippen molar-refractivity contribution in [3.05, 3.63) is 48.1 Å². The Balaban J connectivity index is 3.34. The van der Waals surface area contributed by atoms with E-state index < -0.39 is 11.8 Å². The van der Waals surface area contributed by atoms with Crippen LogP contribution in [0.5, 0.6) is 0 Å². The van der Waals surface area contributed by atoms with Crippen LogP contribution in [0.15, 0.2) is 48.1 Å². The summed E-state index contributed by atoms with van der Waals surface area (Å²) in [6.07, 6.45) is 8.58. The number of carbonyl (C=O) groups excluding carboxylic acids is 2. The smallest absolute Gasteiger partial charge is 0.171 e. The number of rotatable bonds is 2. The van der Waals surface area contributed by atoms with Crippen molar-refractivity contribution in [3.8, 4) is 0 Å². The van der Waals surface area contributed by atoms with Crippen molar-refractivity contribution in [1.29, 1.82) is 0 Å². The molecule has 0 aromatic rings. The van der Waals surface area contributed by atoms with Crippen LogP contribution in [0.4, 0.5) is 0 Å². The third-order valence-corrected chi connectivity index (χ3v) is 3.04. The van der Waals surface area contributed by atoms with Gasteiger partial charge < -0.3 is 0 Å². The molecule has 0 heterocycles. The SMILES string of the molecule is C=CC1C(=O)C(=C/C)/C(=C\C)C(=O)C1/C=C\C. The number of allylic oxidation sites excluding steroid dienone is 7. The molecule has 0 aliphatic heterocycles. The average Bonchev–Trinajstić information content (AvgIpc) is 2.33. The van der Waals surface area contributed by atoms with Gasteiger partial charge >= 0.3 is 0 Å². The Bertz CT molecular complexity index is 436. The van der Waals surface area contributed by atoms with Crippen LogP contribution >= 0.6 is 0 Å². The first kappa shape index (κ1) is 13.4. The van der Waals surface area contributed by atoms with E-state index >= 15 is 0 Å². The lowest BCUT2D eigenvalue weighted by Crippen LogP contribution is -2.36. The molecule has 0 spiro atoms. The first-order chi connectivity index (χ1) is 8.12. The van der Waals surface area contributed by atoms with Gasteiger partial charge in [-0.3, -0.25) is 9.59 Å². The number of ketones is 2. The summed E-state index contributed by atoms with van der Waals surface area (Å²) in [5.74, 6) is -0.852. The van der Waals surface area contributed by atoms with Crippen LogP contribution in [0, 0.1) is 11.8 Å². The van der Waals surface area contributed by atoms with Gasteiger partial charge in [-0.05, 0) is 20.8 Å². The van der Waals surface area contributed by atoms with Crippen LogP contribution in [0.2, 0.25) is 0 Å². The van der Waals surface area contributed by atoms with E-state index in [2.05, 4.69) is 6.58 Å². The van der Waals surface area contributed by atoms with E-state index in [4.69, 9.17) is 0 Å². The Kier molecular flexibility index (Phi) is 4.38. The van der Waals surface area contributed by atoms with Gasteiger partial charge in [0.05, 0.1) is 11.8 Å². The molecule has 0 aromatic carbocycles. The second kappa shape index (κ2) is 5.58. The molecule has 1 aliphatic carbocycles. The Labute approximate surface area is 102 Å². The average molecular weight is 230 g/mol. The van der Waals surface area contributed by atoms with Crippen molar-refractivity contribution >= 4 is 11.6 Å². The molecule has 0 radical (unpaired) electrons. The summed E-state index contributed by atoms with van der Waals surface area (Å²) in [5.41, 5.74) is 1.04. The van der Waals surface area contributed by atoms with Gasteiger partial charge in [0.25, 0.3) is 0 Å². The molecule has 1 fully saturated rings. The van der Waals surface area contributed by atoms with Crippen LogP contribution < -0.4 is 0 Å². The first-order valence-corrected chi connectivity index (χ1v) is 5.79. The maximum atomic E-state index is 12.3. The maximum absolute atomic E-state index is 12.3. The molecule has 90 valence electrons. The fraction of sp³-hybridized carbons (Fsp3) is 0.333. The third kappa shape index (κ3) is 2.21. The number of carbonyl (C=O) groups is 2. The van der Waals surface area contributed by atoms with E-state index in [9.17, 15) is 9.59 Å². The normalized spacial score (nSPS) is 30.5. The van der Waals surface area contributed by atoms with Gasteiger partial charge in [-0.2, -0.15) is 0 Å². The first-order valence-electron chi connectivity index (χ1n) is 5.79. The molecule has 2 heteroatoms. The lowest BCUT2D eigenvalue weighted by Gasteiger charge is -2.28. The van der Waals surface area contributed by atoms with Crippen molar-refractivity contribution in [1.82, 2.24) is 0 Å². The van der Waals surface area contributed by atoms with Gasteiger partial charge in [0.2, 0.25) is 0 Å². The molecular weight excluding hydrogens is 212 g/mol. The Morgan fingerprint density at radius 1 is 0.941 bits per heavy atom. The molecule has 0 saturated heterocycles. The zero-order valence-corrected chi connectivity index (χ0v) is 10.6. The molecule has 1 saturated carbocycles. The molecule has 1 aliphatic rings. The minimum absolute atomic E-state index is 0.00296. The highest BCUT2D eigenvalue weighted by Gasteiger charge is 2.39. The van der Waals surface area contributed by atoms with E-state index in [-0.39, 0.29) is 11.6 Å². The minimum Gasteiger partial charge on any atom is -0.293 e. The van der Waals surface area contributed by atoms with E-state index in [1.165, 1.54) is 0 Å². The summed E-state index contributed by atoms with van der Waals surface area (Å²) in [5, 5.41) is 0. The second-order valence-electron chi connectivity index (χ2n) is 3.95. The van der Waals surface area contributed by atoms with Crippen molar-refractivity contribution in [3.63, 3.8) is 0 Å². The summed E-state index contributed by atoms with van der Waals surface area (Å²) in [4.78, 5) is 24.5. The number of Topliss-reactive ketones (excluding diaryl/α,β-unsaturated/α-hetero) is 2. The fourth-order valence-corrected chi connectivity index (χ4v) is 2.21.